The molecule has 14 aromatic rings. The summed E-state index contributed by atoms with van der Waals surface area (Å²) in [5.74, 6) is -0.106. The van der Waals surface area contributed by atoms with Crippen molar-refractivity contribution >= 4 is 98.7 Å². The molecule has 0 saturated carbocycles. The smallest absolute Gasteiger partial charge is 0.343 e. The number of carbonyl (C=O) groups excluding carboxylic acids is 1. The van der Waals surface area contributed by atoms with Gasteiger partial charge in [0.15, 0.2) is 0 Å². The summed E-state index contributed by atoms with van der Waals surface area (Å²) in [6.45, 7) is 0. The van der Waals surface area contributed by atoms with Crippen LogP contribution in [0.5, 0.6) is 5.75 Å². The highest BCUT2D eigenvalue weighted by atomic mass is 16.5. The summed E-state index contributed by atoms with van der Waals surface area (Å²) >= 11 is 0. The molecule has 4 N–H and O–H groups in total. The van der Waals surface area contributed by atoms with Crippen LogP contribution in [0.4, 0.5) is 0 Å². The van der Waals surface area contributed by atoms with E-state index in [0.29, 0.717) is 11.3 Å². The number of carbonyl (C=O) groups is 1. The van der Waals surface area contributed by atoms with E-state index in [1.54, 1.807) is 0 Å². The molecule has 0 unspecified atom stereocenters. The normalized spacial score (nSPS) is 12.1. The number of hydrogen-bond donors (Lipinski definition) is 4. The first-order valence-corrected chi connectivity index (χ1v) is 33.0. The number of rotatable bonds is 10. The lowest BCUT2D eigenvalue weighted by Crippen LogP contribution is -2.08. The molecule has 0 fully saturated rings. The zero-order valence-corrected chi connectivity index (χ0v) is 53.3. The van der Waals surface area contributed by atoms with E-state index in [0.717, 1.165) is 179 Å². The zero-order chi connectivity index (χ0) is 65.8. The van der Waals surface area contributed by atoms with E-state index in [1.807, 2.05) is 84.9 Å². The lowest BCUT2D eigenvalue weighted by atomic mass is 10.0. The number of ether oxygens (including phenoxy) is 1. The van der Waals surface area contributed by atoms with Crippen LogP contribution in [0.2, 0.25) is 0 Å². The van der Waals surface area contributed by atoms with Crippen LogP contribution in [0, 0.1) is 0 Å². The number of benzene rings is 8. The van der Waals surface area contributed by atoms with Gasteiger partial charge in [0.1, 0.15) is 5.75 Å². The van der Waals surface area contributed by atoms with Crippen LogP contribution in [-0.4, -0.2) is 45.8 Å². The third kappa shape index (κ3) is 10.8. The second kappa shape index (κ2) is 24.6. The SMILES string of the molecule is O=C(Oc1ccc(-c2c3nc(c(-c4ccccc4)c4ccc([nH]4)c(-c4ccccc4)c4nc(c(-c5ccccc5)c5ccc2[nH]5)C=C4)C=C3)cc1)c1ccc(-c2c3nc(c(-c4ccccc4)c4ccc([nH]4)c(-c4ccccc4)c4nc(c(-c5ccccc5)c5ccc2[nH]5)C=C4)C=C3)cc1. The van der Waals surface area contributed by atoms with Crippen molar-refractivity contribution in [2.45, 2.75) is 0 Å². The Hall–Kier alpha value is -13.6. The van der Waals surface area contributed by atoms with Crippen LogP contribution in [0.15, 0.2) is 279 Å². The quantitative estimate of drug-likeness (QED) is 0.0794. The maximum atomic E-state index is 14.5. The Labute approximate surface area is 569 Å². The van der Waals surface area contributed by atoms with Crippen molar-refractivity contribution in [3.05, 3.63) is 330 Å². The molecule has 16 bridgehead atoms. The minimum absolute atomic E-state index is 0.386. The highest BCUT2D eigenvalue weighted by Crippen LogP contribution is 2.42. The van der Waals surface area contributed by atoms with E-state index in [4.69, 9.17) is 24.7 Å². The summed E-state index contributed by atoms with van der Waals surface area (Å²) in [6, 6.07) is 94.7. The van der Waals surface area contributed by atoms with Gasteiger partial charge < -0.3 is 24.7 Å². The summed E-state index contributed by atoms with van der Waals surface area (Å²) in [6.07, 6.45) is 16.8. The van der Waals surface area contributed by atoms with Gasteiger partial charge in [0, 0.05) is 88.6 Å². The summed E-state index contributed by atoms with van der Waals surface area (Å²) in [4.78, 5) is 51.7. The molecule has 4 aliphatic rings. The average Bonchev–Trinajstić information content (AvgIpc) is 1.64. The van der Waals surface area contributed by atoms with E-state index in [1.165, 1.54) is 0 Å². The van der Waals surface area contributed by atoms with Crippen molar-refractivity contribution in [2.75, 3.05) is 0 Å². The van der Waals surface area contributed by atoms with E-state index in [9.17, 15) is 4.79 Å². The third-order valence-corrected chi connectivity index (χ3v) is 18.6. The number of fused-ring (bicyclic) bond motifs is 16. The molecule has 99 heavy (non-hydrogen) atoms. The van der Waals surface area contributed by atoms with Crippen LogP contribution < -0.4 is 4.74 Å². The van der Waals surface area contributed by atoms with Gasteiger partial charge in [0.25, 0.3) is 0 Å². The fourth-order valence-corrected chi connectivity index (χ4v) is 14.1. The largest absolute Gasteiger partial charge is 0.423 e. The van der Waals surface area contributed by atoms with Gasteiger partial charge in [-0.25, -0.2) is 24.7 Å². The maximum Gasteiger partial charge on any atom is 0.343 e. The molecule has 0 saturated heterocycles. The molecule has 0 radical (unpaired) electrons. The van der Waals surface area contributed by atoms with E-state index >= 15 is 0 Å². The minimum Gasteiger partial charge on any atom is -0.423 e. The Bertz CT molecular complexity index is 5950. The molecule has 10 nitrogen and oxygen atoms in total. The van der Waals surface area contributed by atoms with Gasteiger partial charge in [-0.05, 0) is 166 Å². The van der Waals surface area contributed by atoms with Crippen LogP contribution >= 0.6 is 0 Å². The predicted molar refractivity (Wildman–Crippen MR) is 406 cm³/mol. The minimum atomic E-state index is -0.496. The topological polar surface area (TPSA) is 141 Å². The lowest BCUT2D eigenvalue weighted by Gasteiger charge is -2.09. The van der Waals surface area contributed by atoms with Crippen LogP contribution in [-0.2, 0) is 0 Å². The van der Waals surface area contributed by atoms with Crippen LogP contribution in [0.1, 0.15) is 55.9 Å². The monoisotopic (exact) mass is 1270 g/mol. The molecular weight excluding hydrogens is 1210 g/mol. The predicted octanol–water partition coefficient (Wildman–Crippen LogP) is 22.2. The van der Waals surface area contributed by atoms with Crippen molar-refractivity contribution in [2.24, 2.45) is 0 Å². The fraction of sp³-hybridized carbons (Fsp3) is 0. The Morgan fingerprint density at radius 1 is 0.212 bits per heavy atom. The molecule has 466 valence electrons. The zero-order valence-electron chi connectivity index (χ0n) is 53.3. The first kappa shape index (κ1) is 58.0. The van der Waals surface area contributed by atoms with Gasteiger partial charge in [-0.15, -0.1) is 0 Å². The Morgan fingerprint density at radius 2 is 0.394 bits per heavy atom. The van der Waals surface area contributed by atoms with Gasteiger partial charge in [-0.3, -0.25) is 0 Å². The molecule has 4 aliphatic heterocycles. The van der Waals surface area contributed by atoms with E-state index in [2.05, 4.69) is 263 Å². The number of nitrogens with zero attached hydrogens (tertiary/aromatic N) is 4. The number of hydrogen-bond acceptors (Lipinski definition) is 6. The van der Waals surface area contributed by atoms with Crippen molar-refractivity contribution in [1.29, 1.82) is 0 Å². The van der Waals surface area contributed by atoms with Crippen molar-refractivity contribution in [3.63, 3.8) is 0 Å². The Morgan fingerprint density at radius 3 is 0.596 bits per heavy atom. The molecule has 0 atom stereocenters. The molecule has 18 rings (SSSR count). The molecule has 10 heteroatoms. The summed E-state index contributed by atoms with van der Waals surface area (Å²) in [5, 5.41) is 0. The first-order valence-electron chi connectivity index (χ1n) is 33.0. The first-order chi connectivity index (χ1) is 49.0. The highest BCUT2D eigenvalue weighted by Gasteiger charge is 2.23. The van der Waals surface area contributed by atoms with Gasteiger partial charge in [0.2, 0.25) is 0 Å². The molecular formula is C89H58N8O2. The summed E-state index contributed by atoms with van der Waals surface area (Å²) in [7, 11) is 0. The maximum absolute atomic E-state index is 14.5. The molecule has 6 aromatic heterocycles. The Kier molecular flexibility index (Phi) is 14.4. The molecule has 0 aliphatic carbocycles. The number of aromatic amines is 4. The van der Waals surface area contributed by atoms with Gasteiger partial charge in [-0.2, -0.15) is 0 Å². The summed E-state index contributed by atoms with van der Waals surface area (Å²) in [5.41, 5.74) is 29.5. The highest BCUT2D eigenvalue weighted by molar-refractivity contribution is 6.03. The fourth-order valence-electron chi connectivity index (χ4n) is 14.1. The van der Waals surface area contributed by atoms with Gasteiger partial charge >= 0.3 is 5.97 Å². The number of aromatic nitrogens is 8. The number of esters is 1. The average molecular weight is 1270 g/mol. The van der Waals surface area contributed by atoms with Crippen molar-refractivity contribution < 1.29 is 9.53 Å². The van der Waals surface area contributed by atoms with E-state index < -0.39 is 5.97 Å². The third-order valence-electron chi connectivity index (χ3n) is 18.6. The molecule has 0 amide bonds. The second-order valence-corrected chi connectivity index (χ2v) is 24.7. The van der Waals surface area contributed by atoms with E-state index in [-0.39, 0.29) is 0 Å². The standard InChI is InChI=1S/C89H58N8O2/c98-89(63-33-31-61(32-34-63)87-77-51-47-73(94-77)83(57-23-11-3-12-24-57)69-43-39-65(90-69)81(55-19-7-1-8-20-55)66-40-44-70(91-66)84(58-25-13-4-14-26-58)74-48-52-78(87)95-74)99-64-37-35-62(36-38-64)88-79-53-49-75(96-79)85(59-27-15-5-16-28-59)71-45-41-67(92-71)82(56-21-9-2-10-22-56)68-42-46-72(93-68)86(60-29-17-6-18-30-60)76-50-54-80(88)97-76/h1-54,90,92,95,97H. The number of nitrogens with one attached hydrogen (secondary N) is 4. The second-order valence-electron chi connectivity index (χ2n) is 24.7. The van der Waals surface area contributed by atoms with Crippen molar-refractivity contribution in [1.82, 2.24) is 39.9 Å². The van der Waals surface area contributed by atoms with Crippen LogP contribution in [0.3, 0.4) is 0 Å². The van der Waals surface area contributed by atoms with Gasteiger partial charge in [-0.1, -0.05) is 206 Å². The molecule has 0 spiro atoms. The van der Waals surface area contributed by atoms with Crippen LogP contribution in [0.25, 0.3) is 182 Å². The lowest BCUT2D eigenvalue weighted by molar-refractivity contribution is 0.0734. The Balaban J connectivity index is 0.745. The summed E-state index contributed by atoms with van der Waals surface area (Å²) < 4.78 is 6.24. The van der Waals surface area contributed by atoms with Crippen molar-refractivity contribution in [3.8, 4) is 94.8 Å². The molecule has 10 heterocycles. The van der Waals surface area contributed by atoms with Gasteiger partial charge in [0.05, 0.1) is 51.1 Å². The number of H-pyrrole nitrogens is 4. The molecule has 8 aromatic carbocycles.